The van der Waals surface area contributed by atoms with Gasteiger partial charge in [-0.15, -0.1) is 0 Å². The Morgan fingerprint density at radius 2 is 1.82 bits per heavy atom. The number of imidazole rings is 1. The highest BCUT2D eigenvalue weighted by atomic mass is 35.5. The first-order valence-electron chi connectivity index (χ1n) is 10.9. The third-order valence-electron chi connectivity index (χ3n) is 5.83. The van der Waals surface area contributed by atoms with Crippen molar-refractivity contribution in [3.8, 4) is 0 Å². The Labute approximate surface area is 198 Å². The normalized spacial score (nSPS) is 15.7. The van der Waals surface area contributed by atoms with Gasteiger partial charge in [0.15, 0.2) is 5.82 Å². The smallest absolute Gasteiger partial charge is 0.337 e. The third kappa shape index (κ3) is 4.69. The quantitative estimate of drug-likeness (QED) is 0.468. The van der Waals surface area contributed by atoms with Crippen LogP contribution in [0.15, 0.2) is 47.4 Å². The molecule has 2 heterocycles. The molecule has 1 aromatic heterocycles. The topological polar surface area (TPSA) is 81.5 Å². The van der Waals surface area contributed by atoms with Crippen molar-refractivity contribution in [3.63, 3.8) is 0 Å². The van der Waals surface area contributed by atoms with E-state index in [1.54, 1.807) is 52.8 Å². The van der Waals surface area contributed by atoms with Crippen LogP contribution in [0.25, 0.3) is 22.1 Å². The Hall–Kier alpha value is -2.68. The molecule has 0 aliphatic carbocycles. The Balaban J connectivity index is 1.69. The summed E-state index contributed by atoms with van der Waals surface area (Å²) >= 11 is 6.64. The summed E-state index contributed by atoms with van der Waals surface area (Å²) in [5, 5.41) is 0.416. The Morgan fingerprint density at radius 3 is 2.45 bits per heavy atom. The molecule has 1 fully saturated rings. The minimum absolute atomic E-state index is 0.253. The highest BCUT2D eigenvalue weighted by molar-refractivity contribution is 7.89. The molecule has 3 aromatic rings. The summed E-state index contributed by atoms with van der Waals surface area (Å²) in [6.45, 7) is 3.71. The van der Waals surface area contributed by atoms with Gasteiger partial charge in [-0.3, -0.25) is 0 Å². The number of hydrogen-bond donors (Lipinski definition) is 0. The maximum Gasteiger partial charge on any atom is 0.337 e. The van der Waals surface area contributed by atoms with Crippen LogP contribution in [-0.4, -0.2) is 48.4 Å². The van der Waals surface area contributed by atoms with Gasteiger partial charge in [0, 0.05) is 19.6 Å². The molecule has 1 aliphatic heterocycles. The van der Waals surface area contributed by atoms with Crippen molar-refractivity contribution in [3.05, 3.63) is 59.4 Å². The molecule has 7 nitrogen and oxygen atoms in total. The lowest BCUT2D eigenvalue weighted by molar-refractivity contribution is 0.0600. The van der Waals surface area contributed by atoms with Crippen molar-refractivity contribution >= 4 is 49.7 Å². The number of benzene rings is 2. The van der Waals surface area contributed by atoms with Gasteiger partial charge in [-0.25, -0.2) is 18.2 Å². The van der Waals surface area contributed by atoms with E-state index in [1.165, 1.54) is 7.11 Å². The summed E-state index contributed by atoms with van der Waals surface area (Å²) in [4.78, 5) is 16.5. The number of sulfonamides is 1. The number of fused-ring (bicyclic) bond motifs is 1. The van der Waals surface area contributed by atoms with Gasteiger partial charge in [0.25, 0.3) is 0 Å². The number of esters is 1. The predicted octanol–water partition coefficient (Wildman–Crippen LogP) is 4.75. The van der Waals surface area contributed by atoms with Crippen LogP contribution in [0.2, 0.25) is 0 Å². The number of carbonyl (C=O) groups is 1. The summed E-state index contributed by atoms with van der Waals surface area (Å²) in [6, 6.07) is 12.0. The molecule has 0 amide bonds. The summed E-state index contributed by atoms with van der Waals surface area (Å²) in [5.41, 5.74) is 2.65. The molecule has 4 rings (SSSR count). The molecule has 0 spiro atoms. The fraction of sp³-hybridized carbons (Fsp3) is 0.333. The first-order valence-corrected chi connectivity index (χ1v) is 12.7. The lowest BCUT2D eigenvalue weighted by Gasteiger charge is -2.25. The van der Waals surface area contributed by atoms with Crippen LogP contribution in [0.5, 0.6) is 0 Å². The highest BCUT2D eigenvalue weighted by Crippen LogP contribution is 2.29. The van der Waals surface area contributed by atoms with Gasteiger partial charge in [-0.2, -0.15) is 4.31 Å². The average molecular weight is 488 g/mol. The second-order valence-electron chi connectivity index (χ2n) is 7.90. The number of methoxy groups -OCH3 is 1. The molecule has 0 bridgehead atoms. The zero-order valence-corrected chi connectivity index (χ0v) is 20.2. The van der Waals surface area contributed by atoms with Crippen LogP contribution in [-0.2, 0) is 21.3 Å². The van der Waals surface area contributed by atoms with Crippen LogP contribution in [0.1, 0.15) is 47.9 Å². The van der Waals surface area contributed by atoms with Gasteiger partial charge in [-0.05, 0) is 61.7 Å². The first-order chi connectivity index (χ1) is 15.8. The van der Waals surface area contributed by atoms with Crippen molar-refractivity contribution in [1.29, 1.82) is 0 Å². The molecule has 2 aromatic carbocycles. The van der Waals surface area contributed by atoms with E-state index >= 15 is 0 Å². The maximum atomic E-state index is 13.1. The molecule has 0 atom stereocenters. The van der Waals surface area contributed by atoms with Crippen molar-refractivity contribution < 1.29 is 17.9 Å². The molecule has 33 heavy (non-hydrogen) atoms. The Morgan fingerprint density at radius 1 is 1.12 bits per heavy atom. The van der Waals surface area contributed by atoms with Gasteiger partial charge in [0.05, 0.1) is 33.6 Å². The largest absolute Gasteiger partial charge is 0.465 e. The number of halogens is 1. The average Bonchev–Trinajstić information content (AvgIpc) is 3.22. The maximum absolute atomic E-state index is 13.1. The number of hydrogen-bond acceptors (Lipinski definition) is 5. The third-order valence-corrected chi connectivity index (χ3v) is 8.00. The lowest BCUT2D eigenvalue weighted by Crippen LogP contribution is -2.35. The van der Waals surface area contributed by atoms with Crippen LogP contribution in [0, 0.1) is 0 Å². The number of aromatic nitrogens is 2. The second kappa shape index (κ2) is 9.67. The number of ether oxygens (including phenoxy) is 1. The minimum atomic E-state index is -3.55. The van der Waals surface area contributed by atoms with E-state index in [2.05, 4.69) is 4.98 Å². The Kier molecular flexibility index (Phi) is 6.88. The van der Waals surface area contributed by atoms with E-state index in [9.17, 15) is 13.2 Å². The van der Waals surface area contributed by atoms with Crippen molar-refractivity contribution in [2.45, 2.75) is 37.6 Å². The molecule has 1 saturated heterocycles. The molecule has 0 saturated carbocycles. The van der Waals surface area contributed by atoms with E-state index in [0.717, 1.165) is 30.3 Å². The summed E-state index contributed by atoms with van der Waals surface area (Å²) in [5.74, 6) is 0.151. The highest BCUT2D eigenvalue weighted by Gasteiger charge is 2.26. The molecule has 9 heteroatoms. The molecule has 0 N–H and O–H groups in total. The van der Waals surface area contributed by atoms with E-state index in [0.29, 0.717) is 41.6 Å². The standard InChI is InChI=1S/C24H26ClN3O4S/c1-3-28-22-12-11-19(33(30,31)27-13-5-4-6-14-27)16-21(22)26-23(28)20(25)15-17-7-9-18(10-8-17)24(29)32-2/h7-12,15-16H,3-6,13-14H2,1-2H3. The molecule has 174 valence electrons. The number of aryl methyl sites for hydroxylation is 1. The molecular formula is C24H26ClN3O4S. The first kappa shape index (κ1) is 23.5. The van der Waals surface area contributed by atoms with Crippen LogP contribution in [0.3, 0.4) is 0 Å². The van der Waals surface area contributed by atoms with E-state index in [-0.39, 0.29) is 4.90 Å². The van der Waals surface area contributed by atoms with Gasteiger partial charge >= 0.3 is 5.97 Å². The number of nitrogens with zero attached hydrogens (tertiary/aromatic N) is 3. The zero-order chi connectivity index (χ0) is 23.6. The lowest BCUT2D eigenvalue weighted by atomic mass is 10.1. The Bertz CT molecular complexity index is 1310. The van der Waals surface area contributed by atoms with Crippen LogP contribution in [0.4, 0.5) is 0 Å². The summed E-state index contributed by atoms with van der Waals surface area (Å²) in [7, 11) is -2.21. The SMILES string of the molecule is CCn1c(C(Cl)=Cc2ccc(C(=O)OC)cc2)nc2cc(S(=O)(=O)N3CCCCC3)ccc21. The summed E-state index contributed by atoms with van der Waals surface area (Å²) in [6.07, 6.45) is 4.60. The van der Waals surface area contributed by atoms with E-state index < -0.39 is 16.0 Å². The number of piperidine rings is 1. The zero-order valence-electron chi connectivity index (χ0n) is 18.6. The number of rotatable bonds is 6. The number of carbonyl (C=O) groups excluding carboxylic acids is 1. The van der Waals surface area contributed by atoms with Crippen molar-refractivity contribution in [2.24, 2.45) is 0 Å². The fourth-order valence-electron chi connectivity index (χ4n) is 4.07. The second-order valence-corrected chi connectivity index (χ2v) is 10.2. The van der Waals surface area contributed by atoms with Crippen LogP contribution >= 0.6 is 11.6 Å². The van der Waals surface area contributed by atoms with Gasteiger partial charge in [0.1, 0.15) is 0 Å². The predicted molar refractivity (Wildman–Crippen MR) is 130 cm³/mol. The minimum Gasteiger partial charge on any atom is -0.465 e. The van der Waals surface area contributed by atoms with Gasteiger partial charge in [-0.1, -0.05) is 30.2 Å². The fourth-order valence-corrected chi connectivity index (χ4v) is 5.88. The molecule has 0 radical (unpaired) electrons. The van der Waals surface area contributed by atoms with Gasteiger partial charge < -0.3 is 9.30 Å². The van der Waals surface area contributed by atoms with E-state index in [4.69, 9.17) is 16.3 Å². The summed E-state index contributed by atoms with van der Waals surface area (Å²) < 4.78 is 34.4. The van der Waals surface area contributed by atoms with E-state index in [1.807, 2.05) is 11.5 Å². The monoisotopic (exact) mass is 487 g/mol. The van der Waals surface area contributed by atoms with Gasteiger partial charge in [0.2, 0.25) is 10.0 Å². The molecule has 0 unspecified atom stereocenters. The van der Waals surface area contributed by atoms with Crippen molar-refractivity contribution in [1.82, 2.24) is 13.9 Å². The van der Waals surface area contributed by atoms with Crippen molar-refractivity contribution in [2.75, 3.05) is 20.2 Å². The molecule has 1 aliphatic rings. The van der Waals surface area contributed by atoms with Crippen LogP contribution < -0.4 is 0 Å². The molecular weight excluding hydrogens is 462 g/mol.